The van der Waals surface area contributed by atoms with Gasteiger partial charge in [-0.2, -0.15) is 0 Å². The van der Waals surface area contributed by atoms with Crippen molar-refractivity contribution in [3.63, 3.8) is 0 Å². The fourth-order valence-corrected chi connectivity index (χ4v) is 2.04. The Kier molecular flexibility index (Phi) is 4.54. The van der Waals surface area contributed by atoms with Gasteiger partial charge >= 0.3 is 5.69 Å². The standard InChI is InChI=1S/C14H12BrFN2O3/c1-8(17)9-2-4-10(5-3-9)21-14-7-12(16)11(15)6-13(14)18(19)20/h2-8H,17H2,1H3. The van der Waals surface area contributed by atoms with Crippen molar-refractivity contribution >= 4 is 21.6 Å². The van der Waals surface area contributed by atoms with Gasteiger partial charge in [0.25, 0.3) is 0 Å². The van der Waals surface area contributed by atoms with Crippen LogP contribution in [0.4, 0.5) is 10.1 Å². The van der Waals surface area contributed by atoms with Crippen molar-refractivity contribution in [2.45, 2.75) is 13.0 Å². The molecule has 0 aliphatic rings. The van der Waals surface area contributed by atoms with E-state index >= 15 is 0 Å². The zero-order valence-corrected chi connectivity index (χ0v) is 12.6. The highest BCUT2D eigenvalue weighted by atomic mass is 79.9. The lowest BCUT2D eigenvalue weighted by Crippen LogP contribution is -2.04. The van der Waals surface area contributed by atoms with E-state index in [0.29, 0.717) is 5.75 Å². The number of benzene rings is 2. The van der Waals surface area contributed by atoms with Crippen LogP contribution in [0.15, 0.2) is 40.9 Å². The number of nitrogens with two attached hydrogens (primary N) is 1. The average Bonchev–Trinajstić information content (AvgIpc) is 2.43. The summed E-state index contributed by atoms with van der Waals surface area (Å²) in [5.41, 5.74) is 6.31. The molecule has 2 N–H and O–H groups in total. The maximum atomic E-state index is 13.5. The fourth-order valence-electron chi connectivity index (χ4n) is 1.71. The summed E-state index contributed by atoms with van der Waals surface area (Å²) < 4.78 is 18.9. The lowest BCUT2D eigenvalue weighted by Gasteiger charge is -2.09. The van der Waals surface area contributed by atoms with Gasteiger partial charge in [0, 0.05) is 18.2 Å². The normalized spacial score (nSPS) is 12.0. The van der Waals surface area contributed by atoms with E-state index in [-0.39, 0.29) is 22.0 Å². The molecule has 110 valence electrons. The monoisotopic (exact) mass is 354 g/mol. The third-order valence-electron chi connectivity index (χ3n) is 2.83. The molecular formula is C14H12BrFN2O3. The van der Waals surface area contributed by atoms with Crippen molar-refractivity contribution in [3.05, 3.63) is 62.4 Å². The molecule has 2 aromatic rings. The van der Waals surface area contributed by atoms with Crippen LogP contribution in [-0.2, 0) is 0 Å². The van der Waals surface area contributed by atoms with Crippen molar-refractivity contribution < 1.29 is 14.1 Å². The van der Waals surface area contributed by atoms with E-state index < -0.39 is 10.7 Å². The predicted molar refractivity (Wildman–Crippen MR) is 79.9 cm³/mol. The molecule has 0 saturated carbocycles. The summed E-state index contributed by atoms with van der Waals surface area (Å²) in [5, 5.41) is 11.0. The van der Waals surface area contributed by atoms with Gasteiger partial charge in [0.15, 0.2) is 0 Å². The molecule has 7 heteroatoms. The Labute approximate surface area is 128 Å². The first-order chi connectivity index (χ1) is 9.88. The van der Waals surface area contributed by atoms with Gasteiger partial charge < -0.3 is 10.5 Å². The molecule has 0 radical (unpaired) electrons. The summed E-state index contributed by atoms with van der Waals surface area (Å²) >= 11 is 2.91. The van der Waals surface area contributed by atoms with Crippen LogP contribution in [0, 0.1) is 15.9 Å². The van der Waals surface area contributed by atoms with E-state index in [0.717, 1.165) is 17.7 Å². The Morgan fingerprint density at radius 2 is 1.95 bits per heavy atom. The molecule has 0 aromatic heterocycles. The molecule has 21 heavy (non-hydrogen) atoms. The van der Waals surface area contributed by atoms with Crippen molar-refractivity contribution in [2.75, 3.05) is 0 Å². The van der Waals surface area contributed by atoms with Crippen LogP contribution in [0.5, 0.6) is 11.5 Å². The van der Waals surface area contributed by atoms with Gasteiger partial charge in [0.1, 0.15) is 11.6 Å². The van der Waals surface area contributed by atoms with Crippen LogP contribution >= 0.6 is 15.9 Å². The molecule has 0 bridgehead atoms. The Hall–Kier alpha value is -1.99. The van der Waals surface area contributed by atoms with Gasteiger partial charge in [0.2, 0.25) is 5.75 Å². The quantitative estimate of drug-likeness (QED) is 0.655. The lowest BCUT2D eigenvalue weighted by molar-refractivity contribution is -0.385. The molecular weight excluding hydrogens is 343 g/mol. The second-order valence-corrected chi connectivity index (χ2v) is 5.31. The minimum absolute atomic E-state index is 0.00820. The summed E-state index contributed by atoms with van der Waals surface area (Å²) in [6.07, 6.45) is 0. The minimum atomic E-state index is -0.636. The number of hydrogen-bond donors (Lipinski definition) is 1. The second-order valence-electron chi connectivity index (χ2n) is 4.45. The van der Waals surface area contributed by atoms with Crippen molar-refractivity contribution in [1.82, 2.24) is 0 Å². The van der Waals surface area contributed by atoms with E-state index in [2.05, 4.69) is 15.9 Å². The Morgan fingerprint density at radius 1 is 1.33 bits per heavy atom. The summed E-state index contributed by atoms with van der Waals surface area (Å²) in [7, 11) is 0. The molecule has 0 aliphatic carbocycles. The second kappa shape index (κ2) is 6.19. The first kappa shape index (κ1) is 15.4. The maximum absolute atomic E-state index is 13.5. The van der Waals surface area contributed by atoms with E-state index in [1.54, 1.807) is 24.3 Å². The van der Waals surface area contributed by atoms with Gasteiger partial charge in [-0.1, -0.05) is 12.1 Å². The van der Waals surface area contributed by atoms with Crippen LogP contribution in [0.3, 0.4) is 0 Å². The predicted octanol–water partition coefficient (Wildman–Crippen LogP) is 4.31. The topological polar surface area (TPSA) is 78.4 Å². The zero-order chi connectivity index (χ0) is 15.6. The Morgan fingerprint density at radius 3 is 2.48 bits per heavy atom. The molecule has 0 amide bonds. The molecule has 0 heterocycles. The number of nitro benzene ring substituents is 1. The first-order valence-electron chi connectivity index (χ1n) is 6.05. The van der Waals surface area contributed by atoms with Crippen LogP contribution < -0.4 is 10.5 Å². The number of ether oxygens (including phenoxy) is 1. The van der Waals surface area contributed by atoms with Gasteiger partial charge in [-0.05, 0) is 40.5 Å². The molecule has 0 spiro atoms. The number of nitro groups is 1. The van der Waals surface area contributed by atoms with Crippen LogP contribution in [0.25, 0.3) is 0 Å². The number of nitrogens with zero attached hydrogens (tertiary/aromatic N) is 1. The minimum Gasteiger partial charge on any atom is -0.450 e. The molecule has 1 unspecified atom stereocenters. The molecule has 5 nitrogen and oxygen atoms in total. The van der Waals surface area contributed by atoms with Gasteiger partial charge in [-0.15, -0.1) is 0 Å². The van der Waals surface area contributed by atoms with Crippen molar-refractivity contribution in [1.29, 1.82) is 0 Å². The summed E-state index contributed by atoms with van der Waals surface area (Å²) in [4.78, 5) is 10.4. The maximum Gasteiger partial charge on any atom is 0.312 e. The molecule has 0 saturated heterocycles. The van der Waals surface area contributed by atoms with Gasteiger partial charge in [0.05, 0.1) is 9.40 Å². The number of hydrogen-bond acceptors (Lipinski definition) is 4. The van der Waals surface area contributed by atoms with E-state index in [4.69, 9.17) is 10.5 Å². The highest BCUT2D eigenvalue weighted by molar-refractivity contribution is 9.10. The highest BCUT2D eigenvalue weighted by Crippen LogP contribution is 2.35. The lowest BCUT2D eigenvalue weighted by atomic mass is 10.1. The average molecular weight is 355 g/mol. The Balaban J connectivity index is 2.34. The van der Waals surface area contributed by atoms with Crippen molar-refractivity contribution in [3.8, 4) is 11.5 Å². The first-order valence-corrected chi connectivity index (χ1v) is 6.84. The summed E-state index contributed by atoms with van der Waals surface area (Å²) in [6.45, 7) is 1.84. The van der Waals surface area contributed by atoms with E-state index in [1.165, 1.54) is 0 Å². The van der Waals surface area contributed by atoms with E-state index in [9.17, 15) is 14.5 Å². The zero-order valence-electron chi connectivity index (χ0n) is 11.0. The SMILES string of the molecule is CC(N)c1ccc(Oc2cc(F)c(Br)cc2[N+](=O)[O-])cc1. The van der Waals surface area contributed by atoms with Crippen LogP contribution in [-0.4, -0.2) is 4.92 Å². The third kappa shape index (κ3) is 3.56. The smallest absolute Gasteiger partial charge is 0.312 e. The number of halogens is 2. The third-order valence-corrected chi connectivity index (χ3v) is 3.44. The largest absolute Gasteiger partial charge is 0.450 e. The van der Waals surface area contributed by atoms with Gasteiger partial charge in [-0.3, -0.25) is 10.1 Å². The summed E-state index contributed by atoms with van der Waals surface area (Å²) in [6, 6.07) is 8.67. The van der Waals surface area contributed by atoms with Crippen LogP contribution in [0.2, 0.25) is 0 Å². The Bertz CT molecular complexity index is 675. The fraction of sp³-hybridized carbons (Fsp3) is 0.143. The molecule has 1 atom stereocenters. The number of rotatable bonds is 4. The highest BCUT2D eigenvalue weighted by Gasteiger charge is 2.19. The van der Waals surface area contributed by atoms with Crippen molar-refractivity contribution in [2.24, 2.45) is 5.73 Å². The molecule has 0 fully saturated rings. The van der Waals surface area contributed by atoms with Gasteiger partial charge in [-0.25, -0.2) is 4.39 Å². The van der Waals surface area contributed by atoms with E-state index in [1.807, 2.05) is 6.92 Å². The molecule has 2 rings (SSSR count). The van der Waals surface area contributed by atoms with Crippen LogP contribution in [0.1, 0.15) is 18.5 Å². The molecule has 2 aromatic carbocycles. The molecule has 0 aliphatic heterocycles. The summed E-state index contributed by atoms with van der Waals surface area (Å²) in [5.74, 6) is -0.429.